The molecule has 0 saturated carbocycles. The first kappa shape index (κ1) is 26.7. The Morgan fingerprint density at radius 2 is 1.61 bits per heavy atom. The number of nitro benzene ring substituents is 1. The van der Waals surface area contributed by atoms with Crippen molar-refractivity contribution in [3.63, 3.8) is 0 Å². The van der Waals surface area contributed by atoms with Gasteiger partial charge in [-0.2, -0.15) is 5.10 Å². The fraction of sp³-hybridized carbons (Fsp3) is 0.185. The summed E-state index contributed by atoms with van der Waals surface area (Å²) in [6.07, 6.45) is 0. The van der Waals surface area contributed by atoms with E-state index in [2.05, 4.69) is 15.1 Å². The molecule has 0 bridgehead atoms. The zero-order valence-electron chi connectivity index (χ0n) is 21.3. The van der Waals surface area contributed by atoms with Crippen molar-refractivity contribution >= 4 is 27.3 Å². The van der Waals surface area contributed by atoms with Gasteiger partial charge < -0.3 is 5.32 Å². The molecule has 0 aliphatic rings. The lowest BCUT2D eigenvalue weighted by Crippen LogP contribution is -2.40. The molecule has 0 aliphatic carbocycles. The van der Waals surface area contributed by atoms with Crippen LogP contribution >= 0.6 is 0 Å². The highest BCUT2D eigenvalue weighted by Gasteiger charge is 2.25. The smallest absolute Gasteiger partial charge is 0.294 e. The predicted molar refractivity (Wildman–Crippen MR) is 145 cm³/mol. The summed E-state index contributed by atoms with van der Waals surface area (Å²) in [6, 6.07) is 21.0. The predicted octanol–water partition coefficient (Wildman–Crippen LogP) is 5.09. The van der Waals surface area contributed by atoms with E-state index in [1.807, 2.05) is 0 Å². The molecule has 0 radical (unpaired) electrons. The van der Waals surface area contributed by atoms with E-state index in [-0.39, 0.29) is 22.0 Å². The number of rotatable bonds is 7. The number of nitro groups is 1. The number of nitrogens with one attached hydrogen (secondary N) is 2. The number of aromatic nitrogens is 2. The molecule has 0 aliphatic heterocycles. The fourth-order valence-electron chi connectivity index (χ4n) is 3.97. The Morgan fingerprint density at radius 1 is 0.974 bits per heavy atom. The van der Waals surface area contributed by atoms with E-state index in [0.717, 1.165) is 0 Å². The first-order valence-electron chi connectivity index (χ1n) is 11.7. The van der Waals surface area contributed by atoms with Crippen LogP contribution in [0.25, 0.3) is 16.8 Å². The minimum atomic E-state index is -3.78. The van der Waals surface area contributed by atoms with Crippen molar-refractivity contribution in [3.05, 3.63) is 100 Å². The Bertz CT molecular complexity index is 1620. The topological polar surface area (TPSA) is 136 Å². The molecule has 0 unspecified atom stereocenters. The summed E-state index contributed by atoms with van der Waals surface area (Å²) in [5.74, 6) is -0.506. The van der Waals surface area contributed by atoms with Gasteiger partial charge in [-0.1, -0.05) is 42.5 Å². The third kappa shape index (κ3) is 5.79. The number of benzene rings is 3. The van der Waals surface area contributed by atoms with Crippen molar-refractivity contribution in [1.82, 2.24) is 14.5 Å². The van der Waals surface area contributed by atoms with Crippen LogP contribution in [0.3, 0.4) is 0 Å². The molecule has 0 spiro atoms. The number of aryl methyl sites for hydroxylation is 1. The Morgan fingerprint density at radius 3 is 2.26 bits per heavy atom. The maximum absolute atomic E-state index is 13.1. The van der Waals surface area contributed by atoms with Gasteiger partial charge in [-0.25, -0.2) is 17.8 Å². The van der Waals surface area contributed by atoms with Crippen LogP contribution in [-0.4, -0.2) is 34.6 Å². The molecule has 3 aromatic carbocycles. The highest BCUT2D eigenvalue weighted by molar-refractivity contribution is 7.89. The molecular formula is C27H27N5O5S. The van der Waals surface area contributed by atoms with Crippen LogP contribution in [0.2, 0.25) is 0 Å². The van der Waals surface area contributed by atoms with Gasteiger partial charge in [-0.15, -0.1) is 0 Å². The van der Waals surface area contributed by atoms with E-state index in [1.165, 1.54) is 16.8 Å². The Balaban J connectivity index is 1.62. The summed E-state index contributed by atoms with van der Waals surface area (Å²) < 4.78 is 29.9. The zero-order chi connectivity index (χ0) is 27.7. The largest absolute Gasteiger partial charge is 0.321 e. The standard InChI is InChI=1S/C27H27N5O5S/c1-18-17-24(31(29-18)22-10-6-7-11-23(22)32(34)35)26(33)28-20-15-13-19(14-16-20)21-9-5-8-12-25(21)38(36,37)30-27(2,3)4/h5-17,30H,1-4H3,(H,28,33). The molecule has 196 valence electrons. The highest BCUT2D eigenvalue weighted by atomic mass is 32.2. The number of para-hydroxylation sites is 2. The van der Waals surface area contributed by atoms with E-state index in [1.54, 1.807) is 94.4 Å². The van der Waals surface area contributed by atoms with Crippen LogP contribution in [0.4, 0.5) is 11.4 Å². The molecule has 4 rings (SSSR count). The normalized spacial score (nSPS) is 11.8. The molecule has 1 amide bonds. The number of anilines is 1. The Hall–Kier alpha value is -4.35. The number of nitrogens with zero attached hydrogens (tertiary/aromatic N) is 3. The fourth-order valence-corrected chi connectivity index (χ4v) is 5.62. The van der Waals surface area contributed by atoms with E-state index in [4.69, 9.17) is 0 Å². The van der Waals surface area contributed by atoms with Crippen LogP contribution in [0.5, 0.6) is 0 Å². The van der Waals surface area contributed by atoms with Crippen molar-refractivity contribution in [2.45, 2.75) is 38.1 Å². The third-order valence-corrected chi connectivity index (χ3v) is 7.26. The molecule has 4 aromatic rings. The number of sulfonamides is 1. The van der Waals surface area contributed by atoms with E-state index >= 15 is 0 Å². The summed E-state index contributed by atoms with van der Waals surface area (Å²) in [6.45, 7) is 7.01. The summed E-state index contributed by atoms with van der Waals surface area (Å²) in [7, 11) is -3.78. The molecule has 0 atom stereocenters. The minimum Gasteiger partial charge on any atom is -0.321 e. The van der Waals surface area contributed by atoms with E-state index in [9.17, 15) is 23.3 Å². The van der Waals surface area contributed by atoms with Crippen molar-refractivity contribution in [2.24, 2.45) is 0 Å². The molecule has 10 nitrogen and oxygen atoms in total. The van der Waals surface area contributed by atoms with Crippen LogP contribution in [0, 0.1) is 17.0 Å². The number of hydrogen-bond acceptors (Lipinski definition) is 6. The molecular weight excluding hydrogens is 506 g/mol. The first-order chi connectivity index (χ1) is 17.9. The van der Waals surface area contributed by atoms with Crippen LogP contribution in [0.15, 0.2) is 83.8 Å². The van der Waals surface area contributed by atoms with Gasteiger partial charge in [0.25, 0.3) is 11.6 Å². The molecule has 1 aromatic heterocycles. The van der Waals surface area contributed by atoms with Gasteiger partial charge in [-0.05, 0) is 63.6 Å². The summed E-state index contributed by atoms with van der Waals surface area (Å²) in [5.41, 5.74) is 1.63. The lowest BCUT2D eigenvalue weighted by Gasteiger charge is -2.21. The van der Waals surface area contributed by atoms with Gasteiger partial charge in [0.05, 0.1) is 15.5 Å². The van der Waals surface area contributed by atoms with Crippen molar-refractivity contribution in [3.8, 4) is 16.8 Å². The third-order valence-electron chi connectivity index (χ3n) is 5.44. The van der Waals surface area contributed by atoms with Gasteiger partial charge >= 0.3 is 0 Å². The van der Waals surface area contributed by atoms with Gasteiger partial charge in [0, 0.05) is 22.9 Å². The SMILES string of the molecule is Cc1cc(C(=O)Nc2ccc(-c3ccccc3S(=O)(=O)NC(C)(C)C)cc2)n(-c2ccccc2[N+](=O)[O-])n1. The van der Waals surface area contributed by atoms with Crippen LogP contribution < -0.4 is 10.0 Å². The summed E-state index contributed by atoms with van der Waals surface area (Å²) >= 11 is 0. The average molecular weight is 534 g/mol. The van der Waals surface area contributed by atoms with Gasteiger partial charge in [-0.3, -0.25) is 14.9 Å². The number of amides is 1. The summed E-state index contributed by atoms with van der Waals surface area (Å²) in [5, 5.41) is 18.6. The second-order valence-electron chi connectivity index (χ2n) is 9.71. The second kappa shape index (κ2) is 10.2. The lowest BCUT2D eigenvalue weighted by molar-refractivity contribution is -0.384. The second-order valence-corrected chi connectivity index (χ2v) is 11.4. The van der Waals surface area contributed by atoms with Crippen molar-refractivity contribution in [1.29, 1.82) is 0 Å². The number of carbonyl (C=O) groups is 1. The Kier molecular flexibility index (Phi) is 7.16. The molecule has 38 heavy (non-hydrogen) atoms. The monoisotopic (exact) mass is 533 g/mol. The minimum absolute atomic E-state index is 0.130. The van der Waals surface area contributed by atoms with Crippen LogP contribution in [-0.2, 0) is 10.0 Å². The molecule has 2 N–H and O–H groups in total. The molecule has 1 heterocycles. The van der Waals surface area contributed by atoms with Gasteiger partial charge in [0.2, 0.25) is 10.0 Å². The molecule has 11 heteroatoms. The highest BCUT2D eigenvalue weighted by Crippen LogP contribution is 2.29. The van der Waals surface area contributed by atoms with E-state index < -0.39 is 26.4 Å². The summed E-state index contributed by atoms with van der Waals surface area (Å²) in [4.78, 5) is 24.3. The Labute approximate surface area is 220 Å². The maximum atomic E-state index is 13.1. The average Bonchev–Trinajstić information content (AvgIpc) is 3.25. The lowest BCUT2D eigenvalue weighted by atomic mass is 10.1. The van der Waals surface area contributed by atoms with Crippen LogP contribution in [0.1, 0.15) is 37.0 Å². The number of carbonyl (C=O) groups excluding carboxylic acids is 1. The first-order valence-corrected chi connectivity index (χ1v) is 13.2. The van der Waals surface area contributed by atoms with E-state index in [0.29, 0.717) is 22.5 Å². The molecule has 0 saturated heterocycles. The van der Waals surface area contributed by atoms with Gasteiger partial charge in [0.15, 0.2) is 0 Å². The quantitative estimate of drug-likeness (QED) is 0.251. The molecule has 0 fully saturated rings. The zero-order valence-corrected chi connectivity index (χ0v) is 22.1. The van der Waals surface area contributed by atoms with Crippen molar-refractivity contribution in [2.75, 3.05) is 5.32 Å². The number of hydrogen-bond donors (Lipinski definition) is 2. The maximum Gasteiger partial charge on any atom is 0.294 e. The van der Waals surface area contributed by atoms with Crippen molar-refractivity contribution < 1.29 is 18.1 Å². The van der Waals surface area contributed by atoms with Gasteiger partial charge in [0.1, 0.15) is 11.4 Å².